The number of aromatic nitrogens is 2. The van der Waals surface area contributed by atoms with Crippen molar-refractivity contribution in [3.05, 3.63) is 46.8 Å². The summed E-state index contributed by atoms with van der Waals surface area (Å²) in [5, 5.41) is 0. The lowest BCUT2D eigenvalue weighted by Crippen LogP contribution is -1.88. The Morgan fingerprint density at radius 3 is 2.53 bits per heavy atom. The Morgan fingerprint density at radius 2 is 1.87 bits per heavy atom. The van der Waals surface area contributed by atoms with Crippen LogP contribution in [0.1, 0.15) is 5.56 Å². The second kappa shape index (κ2) is 4.40. The molecule has 0 aliphatic carbocycles. The summed E-state index contributed by atoms with van der Waals surface area (Å²) < 4.78 is 6.24. The van der Waals surface area contributed by atoms with Gasteiger partial charge in [0.15, 0.2) is 0 Å². The molecule has 15 heavy (non-hydrogen) atoms. The van der Waals surface area contributed by atoms with Crippen LogP contribution in [0, 0.1) is 6.92 Å². The predicted octanol–water partition coefficient (Wildman–Crippen LogP) is 3.34. The first-order valence-electron chi connectivity index (χ1n) is 4.46. The quantitative estimate of drug-likeness (QED) is 0.781. The molecule has 0 saturated heterocycles. The second-order valence-corrected chi connectivity index (χ2v) is 3.91. The highest BCUT2D eigenvalue weighted by Crippen LogP contribution is 2.20. The van der Waals surface area contributed by atoms with Gasteiger partial charge in [-0.25, -0.2) is 9.97 Å². The van der Waals surface area contributed by atoms with Crippen molar-refractivity contribution in [1.82, 2.24) is 9.97 Å². The van der Waals surface area contributed by atoms with Crippen LogP contribution in [-0.4, -0.2) is 9.97 Å². The first-order valence-corrected chi connectivity index (χ1v) is 5.25. The summed E-state index contributed by atoms with van der Waals surface area (Å²) in [7, 11) is 0. The molecule has 4 heteroatoms. The highest BCUT2D eigenvalue weighted by molar-refractivity contribution is 9.10. The van der Waals surface area contributed by atoms with E-state index in [0.29, 0.717) is 10.5 Å². The molecule has 0 aliphatic rings. The van der Waals surface area contributed by atoms with Gasteiger partial charge in [-0.2, -0.15) is 0 Å². The van der Waals surface area contributed by atoms with Gasteiger partial charge < -0.3 is 4.74 Å². The molecule has 2 rings (SSSR count). The lowest BCUT2D eigenvalue weighted by molar-refractivity contribution is 0.460. The zero-order chi connectivity index (χ0) is 10.7. The summed E-state index contributed by atoms with van der Waals surface area (Å²) in [6.45, 7) is 2.03. The third-order valence-electron chi connectivity index (χ3n) is 1.85. The van der Waals surface area contributed by atoms with Gasteiger partial charge in [0.2, 0.25) is 5.88 Å². The van der Waals surface area contributed by atoms with Gasteiger partial charge in [-0.1, -0.05) is 17.7 Å². The maximum absolute atomic E-state index is 5.53. The van der Waals surface area contributed by atoms with E-state index in [-0.39, 0.29) is 0 Å². The highest BCUT2D eigenvalue weighted by Gasteiger charge is 1.99. The van der Waals surface area contributed by atoms with Crippen LogP contribution in [0.15, 0.2) is 41.3 Å². The van der Waals surface area contributed by atoms with Crippen LogP contribution >= 0.6 is 15.9 Å². The lowest BCUT2D eigenvalue weighted by Gasteiger charge is -2.04. The summed E-state index contributed by atoms with van der Waals surface area (Å²) in [6, 6.07) is 9.52. The van der Waals surface area contributed by atoms with Gasteiger partial charge >= 0.3 is 0 Å². The van der Waals surface area contributed by atoms with Crippen LogP contribution in [-0.2, 0) is 0 Å². The summed E-state index contributed by atoms with van der Waals surface area (Å²) in [5.74, 6) is 1.30. The molecule has 0 radical (unpaired) electrons. The van der Waals surface area contributed by atoms with Crippen LogP contribution in [0.3, 0.4) is 0 Å². The fourth-order valence-corrected chi connectivity index (χ4v) is 1.39. The van der Waals surface area contributed by atoms with E-state index in [0.717, 1.165) is 5.75 Å². The smallest absolute Gasteiger partial charge is 0.223 e. The Morgan fingerprint density at radius 1 is 1.13 bits per heavy atom. The molecular formula is C11H9BrN2O. The van der Waals surface area contributed by atoms with E-state index in [2.05, 4.69) is 25.9 Å². The number of benzene rings is 1. The van der Waals surface area contributed by atoms with Crippen molar-refractivity contribution in [3.8, 4) is 11.6 Å². The normalized spacial score (nSPS) is 10.0. The Labute approximate surface area is 96.3 Å². The molecule has 0 bridgehead atoms. The van der Waals surface area contributed by atoms with Gasteiger partial charge in [0, 0.05) is 6.07 Å². The Balaban J connectivity index is 2.18. The molecule has 1 aromatic heterocycles. The molecule has 0 spiro atoms. The van der Waals surface area contributed by atoms with Crippen molar-refractivity contribution in [2.45, 2.75) is 6.92 Å². The van der Waals surface area contributed by atoms with Crippen LogP contribution in [0.2, 0.25) is 0 Å². The minimum Gasteiger partial charge on any atom is -0.439 e. The lowest BCUT2D eigenvalue weighted by atomic mass is 10.2. The maximum atomic E-state index is 5.53. The van der Waals surface area contributed by atoms with Crippen molar-refractivity contribution in [3.63, 3.8) is 0 Å². The van der Waals surface area contributed by atoms with E-state index in [9.17, 15) is 0 Å². The third kappa shape index (κ3) is 2.76. The fraction of sp³-hybridized carbons (Fsp3) is 0.0909. The van der Waals surface area contributed by atoms with E-state index in [1.165, 1.54) is 11.9 Å². The van der Waals surface area contributed by atoms with Crippen molar-refractivity contribution in [2.24, 2.45) is 0 Å². The zero-order valence-electron chi connectivity index (χ0n) is 8.14. The second-order valence-electron chi connectivity index (χ2n) is 3.09. The van der Waals surface area contributed by atoms with Crippen molar-refractivity contribution >= 4 is 15.9 Å². The zero-order valence-corrected chi connectivity index (χ0v) is 9.73. The first kappa shape index (κ1) is 10.1. The molecule has 2 aromatic rings. The topological polar surface area (TPSA) is 35.0 Å². The monoisotopic (exact) mass is 264 g/mol. The summed E-state index contributed by atoms with van der Waals surface area (Å²) in [6.07, 6.45) is 1.45. The number of hydrogen-bond acceptors (Lipinski definition) is 3. The van der Waals surface area contributed by atoms with E-state index in [1.807, 2.05) is 31.2 Å². The number of aryl methyl sites for hydroxylation is 1. The van der Waals surface area contributed by atoms with E-state index in [4.69, 9.17) is 4.74 Å². The van der Waals surface area contributed by atoms with E-state index in [1.54, 1.807) is 6.07 Å². The van der Waals surface area contributed by atoms with Crippen molar-refractivity contribution < 1.29 is 4.74 Å². The van der Waals surface area contributed by atoms with Gasteiger partial charge in [-0.05, 0) is 35.0 Å². The molecule has 0 atom stereocenters. The molecule has 0 fully saturated rings. The maximum Gasteiger partial charge on any atom is 0.223 e. The minimum absolute atomic E-state index is 0.528. The van der Waals surface area contributed by atoms with E-state index < -0.39 is 0 Å². The van der Waals surface area contributed by atoms with Gasteiger partial charge in [0.05, 0.1) is 0 Å². The number of ether oxygens (including phenoxy) is 1. The van der Waals surface area contributed by atoms with Crippen LogP contribution in [0.25, 0.3) is 0 Å². The number of halogens is 1. The Bertz CT molecular complexity index is 456. The molecule has 0 unspecified atom stereocenters. The first-order chi connectivity index (χ1) is 7.24. The Hall–Kier alpha value is -1.42. The molecule has 3 nitrogen and oxygen atoms in total. The van der Waals surface area contributed by atoms with Crippen LogP contribution < -0.4 is 4.74 Å². The number of hydrogen-bond donors (Lipinski definition) is 0. The standard InChI is InChI=1S/C11H9BrN2O/c1-8-2-4-9(5-3-8)15-11-6-10(12)13-7-14-11/h2-7H,1H3. The van der Waals surface area contributed by atoms with Crippen LogP contribution in [0.5, 0.6) is 11.6 Å². The molecular weight excluding hydrogens is 256 g/mol. The summed E-state index contributed by atoms with van der Waals surface area (Å²) in [4.78, 5) is 7.92. The molecule has 76 valence electrons. The van der Waals surface area contributed by atoms with Gasteiger partial charge in [0.1, 0.15) is 16.7 Å². The molecule has 0 amide bonds. The third-order valence-corrected chi connectivity index (χ3v) is 2.29. The summed E-state index contributed by atoms with van der Waals surface area (Å²) >= 11 is 3.26. The molecule has 0 N–H and O–H groups in total. The average Bonchev–Trinajstić information content (AvgIpc) is 2.22. The predicted molar refractivity (Wildman–Crippen MR) is 61.0 cm³/mol. The van der Waals surface area contributed by atoms with Crippen molar-refractivity contribution in [1.29, 1.82) is 0 Å². The average molecular weight is 265 g/mol. The Kier molecular flexibility index (Phi) is 2.97. The SMILES string of the molecule is Cc1ccc(Oc2cc(Br)ncn2)cc1. The van der Waals surface area contributed by atoms with E-state index >= 15 is 0 Å². The largest absolute Gasteiger partial charge is 0.439 e. The minimum atomic E-state index is 0.528. The van der Waals surface area contributed by atoms with Gasteiger partial charge in [-0.3, -0.25) is 0 Å². The number of rotatable bonds is 2. The molecule has 1 heterocycles. The number of nitrogens with zero attached hydrogens (tertiary/aromatic N) is 2. The van der Waals surface area contributed by atoms with Crippen molar-refractivity contribution in [2.75, 3.05) is 0 Å². The van der Waals surface area contributed by atoms with Gasteiger partial charge in [0.25, 0.3) is 0 Å². The molecule has 0 saturated carbocycles. The molecule has 0 aliphatic heterocycles. The van der Waals surface area contributed by atoms with Gasteiger partial charge in [-0.15, -0.1) is 0 Å². The summed E-state index contributed by atoms with van der Waals surface area (Å²) in [5.41, 5.74) is 1.20. The molecule has 1 aromatic carbocycles. The van der Waals surface area contributed by atoms with Crippen LogP contribution in [0.4, 0.5) is 0 Å². The highest BCUT2D eigenvalue weighted by atomic mass is 79.9. The fourth-order valence-electron chi connectivity index (χ4n) is 1.10.